The number of rotatable bonds is 10. The Kier molecular flexibility index (Phi) is 8.72. The summed E-state index contributed by atoms with van der Waals surface area (Å²) in [5.74, 6) is -1.34. The minimum Gasteiger partial charge on any atom is -0.481 e. The van der Waals surface area contributed by atoms with Gasteiger partial charge in [0.25, 0.3) is 0 Å². The Hall–Kier alpha value is -1.44. The highest BCUT2D eigenvalue weighted by atomic mass is 79.9. The number of carbonyl (C=O) groups excluding carboxylic acids is 1. The number of halogens is 1. The number of hydrogen-bond donors (Lipinski definition) is 2. The zero-order valence-corrected chi connectivity index (χ0v) is 14.0. The second kappa shape index (κ2) is 10.3. The van der Waals surface area contributed by atoms with E-state index >= 15 is 0 Å². The zero-order valence-electron chi connectivity index (χ0n) is 12.4. The SMILES string of the molecule is CCOCCOCC(=O)NC(CC(=O)O)c1cccc(Br)c1. The molecule has 1 atom stereocenters. The van der Waals surface area contributed by atoms with Gasteiger partial charge in [-0.05, 0) is 24.6 Å². The molecule has 0 aromatic heterocycles. The van der Waals surface area contributed by atoms with Crippen LogP contribution in [0.3, 0.4) is 0 Å². The van der Waals surface area contributed by atoms with Crippen LogP contribution >= 0.6 is 15.9 Å². The molecule has 0 aliphatic carbocycles. The van der Waals surface area contributed by atoms with Gasteiger partial charge in [0.05, 0.1) is 25.7 Å². The van der Waals surface area contributed by atoms with E-state index < -0.39 is 12.0 Å². The largest absolute Gasteiger partial charge is 0.481 e. The van der Waals surface area contributed by atoms with Crippen molar-refractivity contribution in [2.45, 2.75) is 19.4 Å². The molecule has 6 nitrogen and oxygen atoms in total. The molecule has 0 fully saturated rings. The maximum Gasteiger partial charge on any atom is 0.305 e. The first-order valence-corrected chi connectivity index (χ1v) is 7.74. The number of carboxylic acid groups (broad SMARTS) is 1. The third kappa shape index (κ3) is 7.53. The molecule has 0 saturated carbocycles. The summed E-state index contributed by atoms with van der Waals surface area (Å²) < 4.78 is 11.1. The fourth-order valence-electron chi connectivity index (χ4n) is 1.81. The summed E-state index contributed by atoms with van der Waals surface area (Å²) in [7, 11) is 0. The summed E-state index contributed by atoms with van der Waals surface area (Å²) in [4.78, 5) is 22.8. The first-order valence-electron chi connectivity index (χ1n) is 6.95. The number of aliphatic carboxylic acids is 1. The van der Waals surface area contributed by atoms with E-state index in [1.807, 2.05) is 13.0 Å². The van der Waals surface area contributed by atoms with Crippen LogP contribution in [0.15, 0.2) is 28.7 Å². The average Bonchev–Trinajstić information content (AvgIpc) is 2.46. The van der Waals surface area contributed by atoms with Crippen LogP contribution in [-0.4, -0.2) is 43.4 Å². The number of nitrogens with one attached hydrogen (secondary N) is 1. The number of ether oxygens (including phenoxy) is 2. The first kappa shape index (κ1) is 18.6. The molecule has 0 radical (unpaired) electrons. The number of carbonyl (C=O) groups is 2. The van der Waals surface area contributed by atoms with Crippen LogP contribution in [0.5, 0.6) is 0 Å². The van der Waals surface area contributed by atoms with Gasteiger partial charge in [-0.1, -0.05) is 28.1 Å². The highest BCUT2D eigenvalue weighted by Gasteiger charge is 2.18. The van der Waals surface area contributed by atoms with Crippen molar-refractivity contribution in [3.63, 3.8) is 0 Å². The van der Waals surface area contributed by atoms with Gasteiger partial charge in [-0.25, -0.2) is 0 Å². The van der Waals surface area contributed by atoms with Gasteiger partial charge < -0.3 is 19.9 Å². The molecular formula is C15H20BrNO5. The van der Waals surface area contributed by atoms with Crippen molar-refractivity contribution in [3.05, 3.63) is 34.3 Å². The second-order valence-electron chi connectivity index (χ2n) is 4.52. The Balaban J connectivity index is 2.54. The smallest absolute Gasteiger partial charge is 0.305 e. The predicted octanol–water partition coefficient (Wildman–Crippen LogP) is 2.13. The number of carboxylic acids is 1. The van der Waals surface area contributed by atoms with Crippen LogP contribution in [0, 0.1) is 0 Å². The Morgan fingerprint density at radius 3 is 2.68 bits per heavy atom. The van der Waals surface area contributed by atoms with E-state index in [4.69, 9.17) is 14.6 Å². The molecule has 122 valence electrons. The Bertz CT molecular complexity index is 495. The molecule has 7 heteroatoms. The minimum atomic E-state index is -0.984. The third-order valence-electron chi connectivity index (χ3n) is 2.77. The van der Waals surface area contributed by atoms with Crippen molar-refractivity contribution in [1.29, 1.82) is 0 Å². The highest BCUT2D eigenvalue weighted by Crippen LogP contribution is 2.20. The van der Waals surface area contributed by atoms with Gasteiger partial charge in [0, 0.05) is 11.1 Å². The molecule has 1 unspecified atom stereocenters. The van der Waals surface area contributed by atoms with Gasteiger partial charge >= 0.3 is 5.97 Å². The number of amides is 1. The van der Waals surface area contributed by atoms with E-state index in [2.05, 4.69) is 21.2 Å². The van der Waals surface area contributed by atoms with Crippen LogP contribution in [0.4, 0.5) is 0 Å². The standard InChI is InChI=1S/C15H20BrNO5/c1-2-21-6-7-22-10-14(18)17-13(9-15(19)20)11-4-3-5-12(16)8-11/h3-5,8,13H,2,6-7,9-10H2,1H3,(H,17,18)(H,19,20). The van der Waals surface area contributed by atoms with Crippen molar-refractivity contribution in [3.8, 4) is 0 Å². The molecule has 2 N–H and O–H groups in total. The van der Waals surface area contributed by atoms with E-state index in [9.17, 15) is 9.59 Å². The summed E-state index contributed by atoms with van der Waals surface area (Å²) in [5, 5.41) is 11.7. The molecule has 0 aliphatic heterocycles. The van der Waals surface area contributed by atoms with Crippen LogP contribution in [0.25, 0.3) is 0 Å². The maximum absolute atomic E-state index is 11.8. The zero-order chi connectivity index (χ0) is 16.4. The first-order chi connectivity index (χ1) is 10.5. The maximum atomic E-state index is 11.8. The normalized spacial score (nSPS) is 11.9. The summed E-state index contributed by atoms with van der Waals surface area (Å²) in [6.07, 6.45) is -0.193. The van der Waals surface area contributed by atoms with Gasteiger partial charge in [-0.2, -0.15) is 0 Å². The Labute approximate surface area is 137 Å². The highest BCUT2D eigenvalue weighted by molar-refractivity contribution is 9.10. The molecule has 1 aromatic rings. The molecule has 0 saturated heterocycles. The quantitative estimate of drug-likeness (QED) is 0.613. The molecular weight excluding hydrogens is 354 g/mol. The van der Waals surface area contributed by atoms with Gasteiger partial charge in [0.2, 0.25) is 5.91 Å². The molecule has 1 rings (SSSR count). The number of benzene rings is 1. The van der Waals surface area contributed by atoms with Crippen molar-refractivity contribution in [1.82, 2.24) is 5.32 Å². The van der Waals surface area contributed by atoms with Crippen LogP contribution in [0.2, 0.25) is 0 Å². The molecule has 0 aliphatic rings. The topological polar surface area (TPSA) is 84.9 Å². The fraction of sp³-hybridized carbons (Fsp3) is 0.467. The molecule has 0 heterocycles. The fourth-order valence-corrected chi connectivity index (χ4v) is 2.23. The molecule has 1 aromatic carbocycles. The predicted molar refractivity (Wildman–Crippen MR) is 84.6 cm³/mol. The van der Waals surface area contributed by atoms with Crippen molar-refractivity contribution >= 4 is 27.8 Å². The van der Waals surface area contributed by atoms with Crippen molar-refractivity contribution < 1.29 is 24.2 Å². The number of hydrogen-bond acceptors (Lipinski definition) is 4. The average molecular weight is 374 g/mol. The second-order valence-corrected chi connectivity index (χ2v) is 5.44. The van der Waals surface area contributed by atoms with Gasteiger partial charge in [0.1, 0.15) is 6.61 Å². The molecule has 0 spiro atoms. The lowest BCUT2D eigenvalue weighted by molar-refractivity contribution is -0.138. The third-order valence-corrected chi connectivity index (χ3v) is 3.27. The van der Waals surface area contributed by atoms with E-state index in [1.54, 1.807) is 18.2 Å². The van der Waals surface area contributed by atoms with Crippen LogP contribution < -0.4 is 5.32 Å². The monoisotopic (exact) mass is 373 g/mol. The summed E-state index contributed by atoms with van der Waals surface area (Å²) in [5.41, 5.74) is 0.722. The minimum absolute atomic E-state index is 0.128. The van der Waals surface area contributed by atoms with E-state index in [-0.39, 0.29) is 18.9 Å². The molecule has 0 bridgehead atoms. The Morgan fingerprint density at radius 1 is 1.32 bits per heavy atom. The summed E-state index contributed by atoms with van der Waals surface area (Å²) >= 11 is 3.33. The van der Waals surface area contributed by atoms with Crippen molar-refractivity contribution in [2.24, 2.45) is 0 Å². The summed E-state index contributed by atoms with van der Waals surface area (Å²) in [6, 6.07) is 6.58. The van der Waals surface area contributed by atoms with Crippen molar-refractivity contribution in [2.75, 3.05) is 26.4 Å². The lowest BCUT2D eigenvalue weighted by Crippen LogP contribution is -2.33. The summed E-state index contributed by atoms with van der Waals surface area (Å²) in [6.45, 7) is 3.09. The van der Waals surface area contributed by atoms with E-state index in [0.29, 0.717) is 19.8 Å². The molecule has 1 amide bonds. The lowest BCUT2D eigenvalue weighted by Gasteiger charge is -2.18. The van der Waals surface area contributed by atoms with Gasteiger partial charge in [-0.3, -0.25) is 9.59 Å². The van der Waals surface area contributed by atoms with Crippen LogP contribution in [0.1, 0.15) is 24.9 Å². The van der Waals surface area contributed by atoms with E-state index in [1.165, 1.54) is 0 Å². The van der Waals surface area contributed by atoms with Gasteiger partial charge in [0.15, 0.2) is 0 Å². The van der Waals surface area contributed by atoms with E-state index in [0.717, 1.165) is 10.0 Å². The molecule has 22 heavy (non-hydrogen) atoms. The Morgan fingerprint density at radius 2 is 2.05 bits per heavy atom. The van der Waals surface area contributed by atoms with Crippen LogP contribution in [-0.2, 0) is 19.1 Å². The van der Waals surface area contributed by atoms with Gasteiger partial charge in [-0.15, -0.1) is 0 Å². The lowest BCUT2D eigenvalue weighted by atomic mass is 10.0.